The molecule has 6 heteroatoms. The summed E-state index contributed by atoms with van der Waals surface area (Å²) < 4.78 is 3.20. The van der Waals surface area contributed by atoms with Crippen LogP contribution in [0.2, 0.25) is 0 Å². The van der Waals surface area contributed by atoms with Gasteiger partial charge < -0.3 is 5.32 Å². The number of benzene rings is 1. The number of rotatable bonds is 5. The van der Waals surface area contributed by atoms with Gasteiger partial charge in [-0.2, -0.15) is 0 Å². The summed E-state index contributed by atoms with van der Waals surface area (Å²) in [4.78, 5) is 28.9. The molecule has 3 aromatic rings. The minimum atomic E-state index is -0.194. The molecule has 1 aromatic carbocycles. The van der Waals surface area contributed by atoms with Gasteiger partial charge in [-0.05, 0) is 43.7 Å². The van der Waals surface area contributed by atoms with Crippen LogP contribution in [0.5, 0.6) is 0 Å². The molecule has 0 radical (unpaired) electrons. The second kappa shape index (κ2) is 6.70. The van der Waals surface area contributed by atoms with E-state index in [-0.39, 0.29) is 24.2 Å². The summed E-state index contributed by atoms with van der Waals surface area (Å²) in [6.45, 7) is 4.40. The van der Waals surface area contributed by atoms with Crippen LogP contribution in [-0.2, 0) is 17.9 Å². The molecule has 0 bridgehead atoms. The fraction of sp³-hybridized carbons (Fsp3) is 0.278. The highest BCUT2D eigenvalue weighted by atomic mass is 16.2. The zero-order valence-electron chi connectivity index (χ0n) is 13.8. The van der Waals surface area contributed by atoms with Gasteiger partial charge in [0.2, 0.25) is 5.91 Å². The summed E-state index contributed by atoms with van der Waals surface area (Å²) in [5.74, 6) is -0.194. The number of carbonyl (C=O) groups excluding carboxylic acids is 1. The van der Waals surface area contributed by atoms with Gasteiger partial charge in [0, 0.05) is 18.9 Å². The Kier molecular flexibility index (Phi) is 4.46. The van der Waals surface area contributed by atoms with Crippen LogP contribution in [0.25, 0.3) is 11.0 Å². The molecule has 1 unspecified atom stereocenters. The van der Waals surface area contributed by atoms with E-state index in [0.717, 1.165) is 16.6 Å². The van der Waals surface area contributed by atoms with Crippen LogP contribution in [0.15, 0.2) is 53.6 Å². The summed E-state index contributed by atoms with van der Waals surface area (Å²) in [5, 5.41) is 2.93. The fourth-order valence-corrected chi connectivity index (χ4v) is 2.90. The number of nitrogens with zero attached hydrogens (tertiary/aromatic N) is 3. The van der Waals surface area contributed by atoms with Crippen LogP contribution in [0.3, 0.4) is 0 Å². The van der Waals surface area contributed by atoms with Crippen LogP contribution in [0, 0.1) is 0 Å². The Hall–Kier alpha value is -2.89. The maximum Gasteiger partial charge on any atom is 0.329 e. The summed E-state index contributed by atoms with van der Waals surface area (Å²) in [6, 6.07) is 11.1. The van der Waals surface area contributed by atoms with Crippen molar-refractivity contribution in [2.75, 3.05) is 0 Å². The number of amides is 1. The van der Waals surface area contributed by atoms with E-state index in [0.29, 0.717) is 6.54 Å². The van der Waals surface area contributed by atoms with Gasteiger partial charge in [0.15, 0.2) is 0 Å². The molecular weight excluding hydrogens is 304 g/mol. The van der Waals surface area contributed by atoms with Gasteiger partial charge in [0.05, 0.1) is 17.1 Å². The van der Waals surface area contributed by atoms with Crippen LogP contribution in [0.1, 0.15) is 25.5 Å². The lowest BCUT2D eigenvalue weighted by Gasteiger charge is -2.14. The van der Waals surface area contributed by atoms with Crippen molar-refractivity contribution < 1.29 is 4.79 Å². The molecule has 2 aromatic heterocycles. The molecule has 2 heterocycles. The van der Waals surface area contributed by atoms with Crippen LogP contribution in [0.4, 0.5) is 0 Å². The first-order valence-corrected chi connectivity index (χ1v) is 7.99. The van der Waals surface area contributed by atoms with Gasteiger partial charge in [-0.15, -0.1) is 0 Å². The van der Waals surface area contributed by atoms with Crippen molar-refractivity contribution in [2.24, 2.45) is 0 Å². The summed E-state index contributed by atoms with van der Waals surface area (Å²) >= 11 is 0. The minimum absolute atomic E-state index is 0.00176. The van der Waals surface area contributed by atoms with E-state index in [2.05, 4.69) is 10.3 Å². The van der Waals surface area contributed by atoms with Crippen molar-refractivity contribution in [3.8, 4) is 0 Å². The number of nitrogens with one attached hydrogen (secondary N) is 1. The maximum atomic E-state index is 12.5. The first-order chi connectivity index (χ1) is 11.6. The van der Waals surface area contributed by atoms with E-state index in [9.17, 15) is 9.59 Å². The molecule has 0 aliphatic heterocycles. The Labute approximate surface area is 139 Å². The van der Waals surface area contributed by atoms with Gasteiger partial charge in [-0.1, -0.05) is 12.1 Å². The van der Waals surface area contributed by atoms with Crippen molar-refractivity contribution >= 4 is 16.9 Å². The second-order valence-electron chi connectivity index (χ2n) is 5.67. The number of para-hydroxylation sites is 2. The molecule has 0 aliphatic carbocycles. The molecule has 3 rings (SSSR count). The molecule has 0 spiro atoms. The lowest BCUT2D eigenvalue weighted by atomic mass is 10.1. The second-order valence-corrected chi connectivity index (χ2v) is 5.67. The SMILES string of the molecule is CCn1c(=O)n(CC(=O)NC(C)c2ccncc2)c2ccccc21. The van der Waals surface area contributed by atoms with Crippen molar-refractivity contribution in [1.29, 1.82) is 0 Å². The summed E-state index contributed by atoms with van der Waals surface area (Å²) in [5.41, 5.74) is 2.43. The fourth-order valence-electron chi connectivity index (χ4n) is 2.90. The molecule has 6 nitrogen and oxygen atoms in total. The van der Waals surface area contributed by atoms with Crippen molar-refractivity contribution in [3.63, 3.8) is 0 Å². The number of aryl methyl sites for hydroxylation is 1. The first-order valence-electron chi connectivity index (χ1n) is 7.99. The Morgan fingerprint density at radius 2 is 1.75 bits per heavy atom. The molecule has 0 saturated carbocycles. The highest BCUT2D eigenvalue weighted by molar-refractivity contribution is 5.81. The average Bonchev–Trinajstić information content (AvgIpc) is 2.87. The van der Waals surface area contributed by atoms with E-state index in [1.54, 1.807) is 17.0 Å². The number of hydrogen-bond donors (Lipinski definition) is 1. The Balaban J connectivity index is 1.84. The number of hydrogen-bond acceptors (Lipinski definition) is 3. The lowest BCUT2D eigenvalue weighted by molar-refractivity contribution is -0.122. The molecule has 24 heavy (non-hydrogen) atoms. The van der Waals surface area contributed by atoms with E-state index >= 15 is 0 Å². The molecule has 1 atom stereocenters. The predicted molar refractivity (Wildman–Crippen MR) is 92.7 cm³/mol. The van der Waals surface area contributed by atoms with Gasteiger partial charge >= 0.3 is 5.69 Å². The quantitative estimate of drug-likeness (QED) is 0.781. The Bertz CT molecular complexity index is 912. The number of aromatic nitrogens is 3. The number of carbonyl (C=O) groups is 1. The van der Waals surface area contributed by atoms with E-state index in [4.69, 9.17) is 0 Å². The van der Waals surface area contributed by atoms with Crippen molar-refractivity contribution in [1.82, 2.24) is 19.4 Å². The van der Waals surface area contributed by atoms with Crippen LogP contribution < -0.4 is 11.0 Å². The third kappa shape index (κ3) is 2.95. The highest BCUT2D eigenvalue weighted by Crippen LogP contribution is 2.13. The average molecular weight is 324 g/mol. The third-order valence-corrected chi connectivity index (χ3v) is 4.13. The molecular formula is C18H20N4O2. The van der Waals surface area contributed by atoms with Crippen molar-refractivity contribution in [2.45, 2.75) is 33.0 Å². The first kappa shape index (κ1) is 16.0. The highest BCUT2D eigenvalue weighted by Gasteiger charge is 2.16. The smallest absolute Gasteiger partial charge is 0.329 e. The van der Waals surface area contributed by atoms with E-state index < -0.39 is 0 Å². The minimum Gasteiger partial charge on any atom is -0.348 e. The van der Waals surface area contributed by atoms with Gasteiger partial charge in [0.25, 0.3) is 0 Å². The zero-order valence-corrected chi connectivity index (χ0v) is 13.8. The third-order valence-electron chi connectivity index (χ3n) is 4.13. The molecule has 0 aliphatic rings. The Morgan fingerprint density at radius 3 is 2.38 bits per heavy atom. The topological polar surface area (TPSA) is 68.9 Å². The Morgan fingerprint density at radius 1 is 1.12 bits per heavy atom. The molecule has 1 N–H and O–H groups in total. The zero-order chi connectivity index (χ0) is 17.1. The van der Waals surface area contributed by atoms with Gasteiger partial charge in [-0.3, -0.25) is 18.9 Å². The number of fused-ring (bicyclic) bond motifs is 1. The van der Waals surface area contributed by atoms with E-state index in [1.807, 2.05) is 50.2 Å². The standard InChI is InChI=1S/C18H20N4O2/c1-3-21-15-6-4-5-7-16(15)22(18(21)24)12-17(23)20-13(2)14-8-10-19-11-9-14/h4-11,13H,3,12H2,1-2H3,(H,20,23). The van der Waals surface area contributed by atoms with Gasteiger partial charge in [0.1, 0.15) is 6.54 Å². The molecule has 1 amide bonds. The molecule has 0 fully saturated rings. The summed E-state index contributed by atoms with van der Waals surface area (Å²) in [7, 11) is 0. The van der Waals surface area contributed by atoms with Crippen LogP contribution >= 0.6 is 0 Å². The van der Waals surface area contributed by atoms with E-state index in [1.165, 1.54) is 4.57 Å². The van der Waals surface area contributed by atoms with Crippen molar-refractivity contribution in [3.05, 3.63) is 64.8 Å². The van der Waals surface area contributed by atoms with Gasteiger partial charge in [-0.25, -0.2) is 4.79 Å². The maximum absolute atomic E-state index is 12.5. The van der Waals surface area contributed by atoms with Crippen LogP contribution in [-0.4, -0.2) is 20.0 Å². The number of pyridine rings is 1. The molecule has 0 saturated heterocycles. The lowest BCUT2D eigenvalue weighted by Crippen LogP contribution is -2.34. The summed E-state index contributed by atoms with van der Waals surface area (Å²) in [6.07, 6.45) is 3.38. The normalized spacial score (nSPS) is 12.2. The monoisotopic (exact) mass is 324 g/mol. The largest absolute Gasteiger partial charge is 0.348 e. The predicted octanol–water partition coefficient (Wildman–Crippen LogP) is 2.10. The molecule has 124 valence electrons. The number of imidazole rings is 1.